The summed E-state index contributed by atoms with van der Waals surface area (Å²) in [5.74, 6) is 0. The third-order valence-electron chi connectivity index (χ3n) is 1.95. The smallest absolute Gasteiger partial charge is 0.0592 e. The molecule has 0 aliphatic heterocycles. The van der Waals surface area contributed by atoms with E-state index in [4.69, 9.17) is 0 Å². The number of pyridine rings is 1. The summed E-state index contributed by atoms with van der Waals surface area (Å²) < 4.78 is 0. The predicted octanol–water partition coefficient (Wildman–Crippen LogP) is 2.03. The van der Waals surface area contributed by atoms with Gasteiger partial charge in [0, 0.05) is 18.1 Å². The van der Waals surface area contributed by atoms with Crippen molar-refractivity contribution in [3.05, 3.63) is 24.5 Å². The molecule has 1 N–H and O–H groups in total. The van der Waals surface area contributed by atoms with Crippen LogP contribution in [0.25, 0.3) is 0 Å². The molecule has 1 aromatic rings. The topological polar surface area (TPSA) is 37.3 Å². The predicted molar refractivity (Wildman–Crippen MR) is 49.1 cm³/mol. The van der Waals surface area contributed by atoms with Gasteiger partial charge in [0.05, 0.1) is 5.69 Å². The van der Waals surface area contributed by atoms with Crippen LogP contribution < -0.4 is 5.43 Å². The van der Waals surface area contributed by atoms with Crippen molar-refractivity contribution in [1.82, 2.24) is 4.98 Å². The fourth-order valence-corrected chi connectivity index (χ4v) is 1.02. The van der Waals surface area contributed by atoms with Gasteiger partial charge in [0.15, 0.2) is 0 Å². The number of hydrazone groups is 1. The van der Waals surface area contributed by atoms with E-state index in [-0.39, 0.29) is 0 Å². The average Bonchev–Trinajstić information content (AvgIpc) is 2.04. The van der Waals surface area contributed by atoms with Gasteiger partial charge < -0.3 is 0 Å². The highest BCUT2D eigenvalue weighted by atomic mass is 15.3. The van der Waals surface area contributed by atoms with Gasteiger partial charge in [-0.05, 0) is 31.4 Å². The molecular weight excluding hydrogens is 150 g/mol. The molecule has 3 heteroatoms. The van der Waals surface area contributed by atoms with Crippen LogP contribution in [-0.4, -0.2) is 10.7 Å². The fraction of sp³-hybridized carbons (Fsp3) is 0.333. The van der Waals surface area contributed by atoms with E-state index in [1.54, 1.807) is 12.4 Å². The highest BCUT2D eigenvalue weighted by Crippen LogP contribution is 2.14. The van der Waals surface area contributed by atoms with E-state index in [9.17, 15) is 0 Å². The minimum absolute atomic E-state index is 1.00. The summed E-state index contributed by atoms with van der Waals surface area (Å²) in [7, 11) is 0. The summed E-state index contributed by atoms with van der Waals surface area (Å²) in [5, 5.41) is 4.24. The zero-order valence-electron chi connectivity index (χ0n) is 6.83. The molecule has 0 saturated heterocycles. The molecule has 0 atom stereocenters. The molecule has 0 amide bonds. The van der Waals surface area contributed by atoms with Gasteiger partial charge in [-0.3, -0.25) is 10.4 Å². The molecule has 0 unspecified atom stereocenters. The monoisotopic (exact) mass is 161 g/mol. The van der Waals surface area contributed by atoms with Crippen LogP contribution in [0.2, 0.25) is 0 Å². The van der Waals surface area contributed by atoms with Gasteiger partial charge in [-0.1, -0.05) is 0 Å². The van der Waals surface area contributed by atoms with Crippen LogP contribution in [0.1, 0.15) is 19.3 Å². The largest absolute Gasteiger partial charge is 0.278 e. The second-order valence-corrected chi connectivity index (χ2v) is 2.88. The Morgan fingerprint density at radius 1 is 1.25 bits per heavy atom. The van der Waals surface area contributed by atoms with Crippen LogP contribution in [-0.2, 0) is 0 Å². The van der Waals surface area contributed by atoms with Crippen molar-refractivity contribution in [2.75, 3.05) is 5.43 Å². The Bertz CT molecular complexity index is 273. The van der Waals surface area contributed by atoms with E-state index < -0.39 is 0 Å². The summed E-state index contributed by atoms with van der Waals surface area (Å²) in [6.45, 7) is 0. The standard InChI is InChI=1S/C9H11N3/c1-2-8(3-1)11-12-9-4-6-10-7-5-9/h4-7H,1-3H2,(H,10,12). The molecule has 3 nitrogen and oxygen atoms in total. The van der Waals surface area contributed by atoms with Crippen molar-refractivity contribution >= 4 is 11.4 Å². The highest BCUT2D eigenvalue weighted by Gasteiger charge is 2.09. The van der Waals surface area contributed by atoms with E-state index >= 15 is 0 Å². The van der Waals surface area contributed by atoms with Gasteiger partial charge in [0.2, 0.25) is 0 Å². The molecule has 1 saturated carbocycles. The quantitative estimate of drug-likeness (QED) is 0.674. The van der Waals surface area contributed by atoms with Gasteiger partial charge in [0.25, 0.3) is 0 Å². The van der Waals surface area contributed by atoms with Gasteiger partial charge in [0.1, 0.15) is 0 Å². The van der Waals surface area contributed by atoms with Crippen LogP contribution in [0, 0.1) is 0 Å². The minimum Gasteiger partial charge on any atom is -0.278 e. The SMILES string of the molecule is c1cc(NN=C2CCC2)ccn1. The Kier molecular flexibility index (Phi) is 2.03. The maximum Gasteiger partial charge on any atom is 0.0592 e. The lowest BCUT2D eigenvalue weighted by atomic mass is 9.98. The average molecular weight is 161 g/mol. The molecule has 62 valence electrons. The van der Waals surface area contributed by atoms with Crippen molar-refractivity contribution < 1.29 is 0 Å². The zero-order chi connectivity index (χ0) is 8.23. The van der Waals surface area contributed by atoms with E-state index in [1.807, 2.05) is 12.1 Å². The lowest BCUT2D eigenvalue weighted by molar-refractivity contribution is 0.798. The van der Waals surface area contributed by atoms with E-state index in [1.165, 1.54) is 12.1 Å². The van der Waals surface area contributed by atoms with Gasteiger partial charge in [-0.25, -0.2) is 0 Å². The van der Waals surface area contributed by atoms with Crippen LogP contribution in [0.3, 0.4) is 0 Å². The molecule has 1 heterocycles. The number of hydrogen-bond acceptors (Lipinski definition) is 3. The first kappa shape index (κ1) is 7.28. The Hall–Kier alpha value is -1.38. The third kappa shape index (κ3) is 1.61. The first-order valence-corrected chi connectivity index (χ1v) is 4.16. The molecule has 1 aliphatic rings. The summed E-state index contributed by atoms with van der Waals surface area (Å²) in [5.41, 5.74) is 5.27. The van der Waals surface area contributed by atoms with Crippen LogP contribution in [0.5, 0.6) is 0 Å². The molecule has 0 bridgehead atoms. The molecule has 1 aliphatic carbocycles. The first-order chi connectivity index (χ1) is 5.95. The van der Waals surface area contributed by atoms with Crippen molar-refractivity contribution in [3.8, 4) is 0 Å². The van der Waals surface area contributed by atoms with Crippen molar-refractivity contribution in [2.24, 2.45) is 5.10 Å². The molecule has 2 rings (SSSR count). The lowest BCUT2D eigenvalue weighted by Crippen LogP contribution is -2.11. The second-order valence-electron chi connectivity index (χ2n) is 2.88. The number of hydrogen-bond donors (Lipinski definition) is 1. The van der Waals surface area contributed by atoms with Crippen LogP contribution in [0.15, 0.2) is 29.6 Å². The molecular formula is C9H11N3. The Morgan fingerprint density at radius 3 is 2.58 bits per heavy atom. The number of nitrogens with zero attached hydrogens (tertiary/aromatic N) is 2. The van der Waals surface area contributed by atoms with Gasteiger partial charge >= 0.3 is 0 Å². The van der Waals surface area contributed by atoms with E-state index in [2.05, 4.69) is 15.5 Å². The Balaban J connectivity index is 1.95. The molecule has 1 aromatic heterocycles. The number of nitrogens with one attached hydrogen (secondary N) is 1. The second kappa shape index (κ2) is 3.34. The number of aromatic nitrogens is 1. The molecule has 0 radical (unpaired) electrons. The van der Waals surface area contributed by atoms with Crippen LogP contribution in [0.4, 0.5) is 5.69 Å². The fourth-order valence-electron chi connectivity index (χ4n) is 1.02. The first-order valence-electron chi connectivity index (χ1n) is 4.16. The van der Waals surface area contributed by atoms with Crippen molar-refractivity contribution in [2.45, 2.75) is 19.3 Å². The van der Waals surface area contributed by atoms with Gasteiger partial charge in [-0.15, -0.1) is 0 Å². The Labute approximate surface area is 71.5 Å². The molecule has 0 spiro atoms. The van der Waals surface area contributed by atoms with Crippen LogP contribution >= 0.6 is 0 Å². The summed E-state index contributed by atoms with van der Waals surface area (Å²) >= 11 is 0. The minimum atomic E-state index is 1.00. The summed E-state index contributed by atoms with van der Waals surface area (Å²) in [4.78, 5) is 3.92. The Morgan fingerprint density at radius 2 is 2.00 bits per heavy atom. The maximum atomic E-state index is 4.24. The van der Waals surface area contributed by atoms with Gasteiger partial charge in [-0.2, -0.15) is 5.10 Å². The van der Waals surface area contributed by atoms with E-state index in [0.29, 0.717) is 0 Å². The third-order valence-corrected chi connectivity index (χ3v) is 1.95. The van der Waals surface area contributed by atoms with Crippen molar-refractivity contribution in [3.63, 3.8) is 0 Å². The summed E-state index contributed by atoms with van der Waals surface area (Å²) in [6.07, 6.45) is 7.10. The maximum absolute atomic E-state index is 4.24. The van der Waals surface area contributed by atoms with E-state index in [0.717, 1.165) is 18.5 Å². The molecule has 0 aromatic carbocycles. The van der Waals surface area contributed by atoms with Crippen molar-refractivity contribution in [1.29, 1.82) is 0 Å². The highest BCUT2D eigenvalue weighted by molar-refractivity contribution is 5.89. The molecule has 1 fully saturated rings. The lowest BCUT2D eigenvalue weighted by Gasteiger charge is -2.14. The normalized spacial score (nSPS) is 15.2. The summed E-state index contributed by atoms with van der Waals surface area (Å²) in [6, 6.07) is 3.81. The zero-order valence-corrected chi connectivity index (χ0v) is 6.83. The number of rotatable bonds is 2. The molecule has 12 heavy (non-hydrogen) atoms. The number of anilines is 1.